The van der Waals surface area contributed by atoms with Crippen LogP contribution in [0.15, 0.2) is 24.3 Å². The van der Waals surface area contributed by atoms with Gasteiger partial charge in [0.1, 0.15) is 17.1 Å². The summed E-state index contributed by atoms with van der Waals surface area (Å²) in [4.78, 5) is 11.6. The van der Waals surface area contributed by atoms with Gasteiger partial charge in [0.2, 0.25) is 0 Å². The van der Waals surface area contributed by atoms with E-state index in [1.54, 1.807) is 0 Å². The molecule has 2 aromatic rings. The maximum absolute atomic E-state index is 13.0. The Hall–Kier alpha value is -2.71. The van der Waals surface area contributed by atoms with Crippen molar-refractivity contribution in [1.82, 2.24) is 10.2 Å². The first-order valence-electron chi connectivity index (χ1n) is 6.19. The molecule has 0 aliphatic rings. The Bertz CT molecular complexity index is 747. The SMILES string of the molecule is COC(=O)c1cc(C(F)(F)F)nnc1Oc1ccc(F)cc1C. The maximum atomic E-state index is 13.0. The number of halogens is 4. The number of aromatic nitrogens is 2. The van der Waals surface area contributed by atoms with Crippen molar-refractivity contribution >= 4 is 5.97 Å². The molecular weight excluding hydrogens is 320 g/mol. The van der Waals surface area contributed by atoms with E-state index in [2.05, 4.69) is 14.9 Å². The van der Waals surface area contributed by atoms with E-state index in [9.17, 15) is 22.4 Å². The molecule has 0 N–H and O–H groups in total. The van der Waals surface area contributed by atoms with Crippen LogP contribution in [-0.4, -0.2) is 23.3 Å². The Morgan fingerprint density at radius 1 is 1.17 bits per heavy atom. The number of ether oxygens (including phenoxy) is 2. The summed E-state index contributed by atoms with van der Waals surface area (Å²) >= 11 is 0. The van der Waals surface area contributed by atoms with Gasteiger partial charge in [-0.1, -0.05) is 0 Å². The zero-order chi connectivity index (χ0) is 17.2. The lowest BCUT2D eigenvalue weighted by molar-refractivity contribution is -0.141. The number of aryl methyl sites for hydroxylation is 1. The maximum Gasteiger partial charge on any atom is 0.435 e. The lowest BCUT2D eigenvalue weighted by Gasteiger charge is -2.12. The second-order valence-electron chi connectivity index (χ2n) is 4.45. The standard InChI is InChI=1S/C14H10F4N2O3/c1-7-5-8(15)3-4-10(7)23-12-9(13(21)22-2)6-11(19-20-12)14(16,17)18/h3-6H,1-2H3. The predicted molar refractivity (Wildman–Crippen MR) is 69.6 cm³/mol. The highest BCUT2D eigenvalue weighted by atomic mass is 19.4. The van der Waals surface area contributed by atoms with Crippen molar-refractivity contribution < 1.29 is 31.8 Å². The summed E-state index contributed by atoms with van der Waals surface area (Å²) in [5.41, 5.74) is -1.54. The molecule has 0 aliphatic carbocycles. The van der Waals surface area contributed by atoms with Crippen molar-refractivity contribution in [2.75, 3.05) is 7.11 Å². The molecule has 0 radical (unpaired) electrons. The minimum atomic E-state index is -4.78. The Morgan fingerprint density at radius 2 is 1.87 bits per heavy atom. The number of hydrogen-bond donors (Lipinski definition) is 0. The summed E-state index contributed by atoms with van der Waals surface area (Å²) in [5, 5.41) is 6.27. The fourth-order valence-electron chi connectivity index (χ4n) is 1.68. The molecule has 0 aliphatic heterocycles. The number of carbonyl (C=O) groups excluding carboxylic acids is 1. The fourth-order valence-corrected chi connectivity index (χ4v) is 1.68. The van der Waals surface area contributed by atoms with Gasteiger partial charge in [-0.15, -0.1) is 10.2 Å². The van der Waals surface area contributed by atoms with Crippen LogP contribution in [0.5, 0.6) is 11.6 Å². The molecule has 0 spiro atoms. The van der Waals surface area contributed by atoms with Gasteiger partial charge in [-0.3, -0.25) is 0 Å². The largest absolute Gasteiger partial charge is 0.465 e. The molecule has 0 unspecified atom stereocenters. The van der Waals surface area contributed by atoms with Crippen LogP contribution in [-0.2, 0) is 10.9 Å². The molecule has 0 saturated heterocycles. The predicted octanol–water partition coefficient (Wildman–Crippen LogP) is 3.52. The Morgan fingerprint density at radius 3 is 2.43 bits per heavy atom. The van der Waals surface area contributed by atoms with E-state index in [1.165, 1.54) is 13.0 Å². The topological polar surface area (TPSA) is 61.3 Å². The first-order valence-corrected chi connectivity index (χ1v) is 6.19. The average molecular weight is 330 g/mol. The van der Waals surface area contributed by atoms with Crippen LogP contribution in [0, 0.1) is 12.7 Å². The number of esters is 1. The third kappa shape index (κ3) is 3.74. The van der Waals surface area contributed by atoms with Crippen molar-refractivity contribution in [2.24, 2.45) is 0 Å². The van der Waals surface area contributed by atoms with Crippen molar-refractivity contribution in [3.63, 3.8) is 0 Å². The van der Waals surface area contributed by atoms with Crippen LogP contribution in [0.2, 0.25) is 0 Å². The minimum absolute atomic E-state index is 0.116. The van der Waals surface area contributed by atoms with Crippen molar-refractivity contribution in [3.8, 4) is 11.6 Å². The van der Waals surface area contributed by atoms with Crippen LogP contribution in [0.3, 0.4) is 0 Å². The van der Waals surface area contributed by atoms with Crippen LogP contribution in [0.4, 0.5) is 17.6 Å². The van der Waals surface area contributed by atoms with E-state index in [1.807, 2.05) is 0 Å². The molecule has 0 fully saturated rings. The van der Waals surface area contributed by atoms with Gasteiger partial charge in [-0.25, -0.2) is 9.18 Å². The lowest BCUT2D eigenvalue weighted by atomic mass is 10.2. The molecule has 1 aromatic heterocycles. The third-order valence-corrected chi connectivity index (χ3v) is 2.80. The van der Waals surface area contributed by atoms with Crippen LogP contribution >= 0.6 is 0 Å². The monoisotopic (exact) mass is 330 g/mol. The van der Waals surface area contributed by atoms with E-state index in [-0.39, 0.29) is 5.75 Å². The normalized spacial score (nSPS) is 11.2. The van der Waals surface area contributed by atoms with Gasteiger partial charge in [0.25, 0.3) is 5.88 Å². The summed E-state index contributed by atoms with van der Waals surface area (Å²) in [5.74, 6) is -1.94. The average Bonchev–Trinajstić information content (AvgIpc) is 2.48. The van der Waals surface area contributed by atoms with E-state index < -0.39 is 35.1 Å². The fraction of sp³-hybridized carbons (Fsp3) is 0.214. The molecular formula is C14H10F4N2O3. The summed E-state index contributed by atoms with van der Waals surface area (Å²) in [7, 11) is 1.00. The van der Waals surface area contributed by atoms with Gasteiger partial charge >= 0.3 is 12.1 Å². The molecule has 9 heteroatoms. The molecule has 122 valence electrons. The Kier molecular flexibility index (Phi) is 4.48. The Balaban J connectivity index is 2.47. The summed E-state index contributed by atoms with van der Waals surface area (Å²) in [6.07, 6.45) is -4.78. The third-order valence-electron chi connectivity index (χ3n) is 2.80. The highest BCUT2D eigenvalue weighted by molar-refractivity contribution is 5.91. The number of alkyl halides is 3. The van der Waals surface area contributed by atoms with E-state index in [0.29, 0.717) is 11.6 Å². The number of nitrogens with zero attached hydrogens (tertiary/aromatic N) is 2. The molecule has 0 saturated carbocycles. The Labute approximate surface area is 127 Å². The van der Waals surface area contributed by atoms with E-state index in [4.69, 9.17) is 4.74 Å². The first kappa shape index (κ1) is 16.7. The number of methoxy groups -OCH3 is 1. The highest BCUT2D eigenvalue weighted by Crippen LogP contribution is 2.32. The summed E-state index contributed by atoms with van der Waals surface area (Å²) < 4.78 is 60.7. The number of hydrogen-bond acceptors (Lipinski definition) is 5. The smallest absolute Gasteiger partial charge is 0.435 e. The highest BCUT2D eigenvalue weighted by Gasteiger charge is 2.35. The molecule has 2 rings (SSSR count). The first-order chi connectivity index (χ1) is 10.7. The molecule has 0 bridgehead atoms. The van der Waals surface area contributed by atoms with Gasteiger partial charge in [0, 0.05) is 0 Å². The lowest BCUT2D eigenvalue weighted by Crippen LogP contribution is -2.14. The summed E-state index contributed by atoms with van der Waals surface area (Å²) in [6, 6.07) is 3.99. The van der Waals surface area contributed by atoms with Crippen molar-refractivity contribution in [2.45, 2.75) is 13.1 Å². The molecule has 5 nitrogen and oxygen atoms in total. The number of rotatable bonds is 3. The van der Waals surface area contributed by atoms with Crippen molar-refractivity contribution in [1.29, 1.82) is 0 Å². The van der Waals surface area contributed by atoms with Gasteiger partial charge in [0.15, 0.2) is 5.69 Å². The van der Waals surface area contributed by atoms with Crippen LogP contribution < -0.4 is 4.74 Å². The van der Waals surface area contributed by atoms with Gasteiger partial charge in [-0.05, 0) is 36.8 Å². The quantitative estimate of drug-likeness (QED) is 0.636. The zero-order valence-corrected chi connectivity index (χ0v) is 11.9. The van der Waals surface area contributed by atoms with Gasteiger partial charge < -0.3 is 9.47 Å². The molecule has 1 heterocycles. The van der Waals surface area contributed by atoms with E-state index >= 15 is 0 Å². The van der Waals surface area contributed by atoms with Gasteiger partial charge in [0.05, 0.1) is 7.11 Å². The van der Waals surface area contributed by atoms with Crippen LogP contribution in [0.25, 0.3) is 0 Å². The minimum Gasteiger partial charge on any atom is -0.465 e. The zero-order valence-electron chi connectivity index (χ0n) is 11.9. The van der Waals surface area contributed by atoms with Gasteiger partial charge in [-0.2, -0.15) is 13.2 Å². The molecule has 1 aromatic carbocycles. The summed E-state index contributed by atoms with van der Waals surface area (Å²) in [6.45, 7) is 1.52. The number of carbonyl (C=O) groups is 1. The van der Waals surface area contributed by atoms with E-state index in [0.717, 1.165) is 19.2 Å². The van der Waals surface area contributed by atoms with Crippen molar-refractivity contribution in [3.05, 3.63) is 46.9 Å². The second-order valence-corrected chi connectivity index (χ2v) is 4.45. The van der Waals surface area contributed by atoms with Crippen LogP contribution in [0.1, 0.15) is 21.6 Å². The second kappa shape index (κ2) is 6.19. The number of benzene rings is 1. The molecule has 0 amide bonds. The molecule has 0 atom stereocenters. The molecule has 23 heavy (non-hydrogen) atoms.